The van der Waals surface area contributed by atoms with Crippen LogP contribution in [0.25, 0.3) is 11.3 Å². The molecule has 4 aromatic rings. The average molecular weight is 615 g/mol. The molecule has 2 amide bonds. The highest BCUT2D eigenvalue weighted by atomic mass is 35.5. The molecule has 1 aliphatic heterocycles. The largest absolute Gasteiger partial charge is 0.497 e. The second-order valence-electron chi connectivity index (χ2n) is 11.4. The van der Waals surface area contributed by atoms with Gasteiger partial charge in [-0.3, -0.25) is 14.5 Å². The van der Waals surface area contributed by atoms with Crippen LogP contribution in [0.4, 0.5) is 5.69 Å². The van der Waals surface area contributed by atoms with Crippen molar-refractivity contribution in [3.05, 3.63) is 100 Å². The van der Waals surface area contributed by atoms with Crippen LogP contribution in [-0.2, 0) is 17.8 Å². The molecule has 0 radical (unpaired) electrons. The van der Waals surface area contributed by atoms with Crippen molar-refractivity contribution in [3.63, 3.8) is 0 Å². The molecular weight excluding hydrogens is 576 g/mol. The van der Waals surface area contributed by atoms with Crippen molar-refractivity contribution in [2.75, 3.05) is 38.2 Å². The molecular formula is C35H39ClN4O4. The van der Waals surface area contributed by atoms with Crippen LogP contribution in [0.15, 0.2) is 77.3 Å². The molecule has 0 N–H and O–H groups in total. The number of amides is 2. The van der Waals surface area contributed by atoms with Gasteiger partial charge < -0.3 is 19.1 Å². The minimum Gasteiger partial charge on any atom is -0.497 e. The second-order valence-corrected chi connectivity index (χ2v) is 11.8. The maximum Gasteiger partial charge on any atom is 0.276 e. The van der Waals surface area contributed by atoms with Crippen molar-refractivity contribution in [2.45, 2.75) is 46.2 Å². The number of aromatic nitrogens is 1. The highest BCUT2D eigenvalue weighted by Crippen LogP contribution is 2.31. The number of para-hydroxylation sites is 1. The molecule has 5 rings (SSSR count). The number of nitrogens with zero attached hydrogens (tertiary/aromatic N) is 4. The predicted octanol–water partition coefficient (Wildman–Crippen LogP) is 6.64. The lowest BCUT2D eigenvalue weighted by molar-refractivity contribution is -0.118. The zero-order valence-corrected chi connectivity index (χ0v) is 26.5. The zero-order chi connectivity index (χ0) is 31.2. The monoisotopic (exact) mass is 614 g/mol. The van der Waals surface area contributed by atoms with E-state index in [0.717, 1.165) is 41.1 Å². The molecule has 0 aliphatic carbocycles. The molecule has 0 fully saturated rings. The fraction of sp³-hybridized carbons (Fsp3) is 0.343. The summed E-state index contributed by atoms with van der Waals surface area (Å²) in [6, 6.07) is 22.9. The van der Waals surface area contributed by atoms with E-state index >= 15 is 0 Å². The number of hydrogen-bond donors (Lipinski definition) is 0. The van der Waals surface area contributed by atoms with Gasteiger partial charge in [0.25, 0.3) is 5.91 Å². The highest BCUT2D eigenvalue weighted by molar-refractivity contribution is 6.33. The third-order valence-electron chi connectivity index (χ3n) is 8.14. The van der Waals surface area contributed by atoms with E-state index in [2.05, 4.69) is 23.9 Å². The number of aryl methyl sites for hydroxylation is 1. The van der Waals surface area contributed by atoms with E-state index in [0.29, 0.717) is 42.5 Å². The molecule has 0 bridgehead atoms. The number of fused-ring (bicyclic) bond motifs is 1. The van der Waals surface area contributed by atoms with Gasteiger partial charge in [0.15, 0.2) is 11.5 Å². The Bertz CT molecular complexity index is 1600. The lowest BCUT2D eigenvalue weighted by Crippen LogP contribution is -2.41. The molecule has 2 heterocycles. The first-order valence-corrected chi connectivity index (χ1v) is 15.4. The average Bonchev–Trinajstić information content (AvgIpc) is 3.49. The van der Waals surface area contributed by atoms with Crippen LogP contribution < -0.4 is 9.64 Å². The Hall–Kier alpha value is -4.14. The molecule has 0 unspecified atom stereocenters. The smallest absolute Gasteiger partial charge is 0.276 e. The maximum absolute atomic E-state index is 14.0. The van der Waals surface area contributed by atoms with Crippen LogP contribution >= 0.6 is 11.6 Å². The number of carbonyl (C=O) groups is 2. The third kappa shape index (κ3) is 7.14. The molecule has 0 spiro atoms. The predicted molar refractivity (Wildman–Crippen MR) is 173 cm³/mol. The van der Waals surface area contributed by atoms with Gasteiger partial charge in [-0.25, -0.2) is 0 Å². The quantitative estimate of drug-likeness (QED) is 0.242. The SMILES string of the molecule is COc1ccc(CC(=O)N2CCCN(C(C)C)CCN(C(=O)c3cc(-c4ccccc4Cl)on3)Cc3cccc(C)c32)cc1. The van der Waals surface area contributed by atoms with Crippen LogP contribution in [0.3, 0.4) is 0 Å². The number of rotatable bonds is 6. The molecule has 0 saturated carbocycles. The van der Waals surface area contributed by atoms with Crippen LogP contribution in [0.1, 0.15) is 47.4 Å². The van der Waals surface area contributed by atoms with Gasteiger partial charge >= 0.3 is 0 Å². The van der Waals surface area contributed by atoms with Gasteiger partial charge in [0, 0.05) is 50.4 Å². The summed E-state index contributed by atoms with van der Waals surface area (Å²) in [5, 5.41) is 4.66. The first-order valence-electron chi connectivity index (χ1n) is 15.0. The van der Waals surface area contributed by atoms with Crippen LogP contribution in [0.5, 0.6) is 5.75 Å². The van der Waals surface area contributed by atoms with Crippen LogP contribution in [-0.4, -0.2) is 66.1 Å². The maximum atomic E-state index is 14.0. The van der Waals surface area contributed by atoms with Gasteiger partial charge in [0.1, 0.15) is 5.75 Å². The van der Waals surface area contributed by atoms with Crippen molar-refractivity contribution in [3.8, 4) is 17.1 Å². The molecule has 230 valence electrons. The molecule has 1 aromatic heterocycles. The summed E-state index contributed by atoms with van der Waals surface area (Å²) in [4.78, 5) is 34.1. The number of benzene rings is 3. The topological polar surface area (TPSA) is 79.1 Å². The van der Waals surface area contributed by atoms with Crippen molar-refractivity contribution < 1.29 is 18.8 Å². The number of hydrogen-bond acceptors (Lipinski definition) is 6. The molecule has 1 aliphatic rings. The minimum atomic E-state index is -0.237. The lowest BCUT2D eigenvalue weighted by atomic mass is 10.0. The third-order valence-corrected chi connectivity index (χ3v) is 8.47. The summed E-state index contributed by atoms with van der Waals surface area (Å²) in [5.74, 6) is 0.966. The van der Waals surface area contributed by atoms with E-state index in [1.807, 2.05) is 72.5 Å². The van der Waals surface area contributed by atoms with Crippen molar-refractivity contribution in [1.82, 2.24) is 15.0 Å². The second kappa shape index (κ2) is 14.1. The Morgan fingerprint density at radius 3 is 2.48 bits per heavy atom. The fourth-order valence-electron chi connectivity index (χ4n) is 5.70. The van der Waals surface area contributed by atoms with E-state index in [-0.39, 0.29) is 30.0 Å². The number of methoxy groups -OCH3 is 1. The van der Waals surface area contributed by atoms with E-state index in [9.17, 15) is 9.59 Å². The summed E-state index contributed by atoms with van der Waals surface area (Å²) >= 11 is 6.38. The Labute approximate surface area is 264 Å². The van der Waals surface area contributed by atoms with Crippen LogP contribution in [0.2, 0.25) is 5.02 Å². The van der Waals surface area contributed by atoms with Crippen LogP contribution in [0, 0.1) is 6.92 Å². The van der Waals surface area contributed by atoms with E-state index < -0.39 is 0 Å². The molecule has 3 aromatic carbocycles. The van der Waals surface area contributed by atoms with E-state index in [1.54, 1.807) is 24.1 Å². The minimum absolute atomic E-state index is 0.0137. The first-order chi connectivity index (χ1) is 21.2. The van der Waals surface area contributed by atoms with Gasteiger partial charge in [-0.05, 0) is 68.1 Å². The first kappa shape index (κ1) is 31.3. The summed E-state index contributed by atoms with van der Waals surface area (Å²) in [6.45, 7) is 9.23. The molecule has 44 heavy (non-hydrogen) atoms. The summed E-state index contributed by atoms with van der Waals surface area (Å²) < 4.78 is 10.9. The summed E-state index contributed by atoms with van der Waals surface area (Å²) in [7, 11) is 1.63. The molecule has 9 heteroatoms. The standard InChI is InChI=1S/C35H39ClN4O4/c1-24(2)38-17-8-18-40(33(41)21-26-13-15-28(43-4)16-14-26)34-25(3)9-7-10-27(34)23-39(20-19-38)35(42)31-22-32(44-37-31)29-11-5-6-12-30(29)36/h5-7,9-16,22,24H,8,17-21,23H2,1-4H3. The van der Waals surface area contributed by atoms with Gasteiger partial charge in [0.05, 0.1) is 24.2 Å². The van der Waals surface area contributed by atoms with Gasteiger partial charge in [-0.2, -0.15) is 0 Å². The molecule has 8 nitrogen and oxygen atoms in total. The van der Waals surface area contributed by atoms with E-state index in [4.69, 9.17) is 20.9 Å². The summed E-state index contributed by atoms with van der Waals surface area (Å²) in [5.41, 5.74) is 4.57. The number of ether oxygens (including phenoxy) is 1. The number of anilines is 1. The Morgan fingerprint density at radius 2 is 1.75 bits per heavy atom. The fourth-order valence-corrected chi connectivity index (χ4v) is 5.93. The van der Waals surface area contributed by atoms with Crippen molar-refractivity contribution in [1.29, 1.82) is 0 Å². The molecule has 0 atom stereocenters. The highest BCUT2D eigenvalue weighted by Gasteiger charge is 2.27. The van der Waals surface area contributed by atoms with Gasteiger partial charge in [-0.1, -0.05) is 59.2 Å². The Kier molecular flexibility index (Phi) is 10.0. The number of halogens is 1. The van der Waals surface area contributed by atoms with Gasteiger partial charge in [0.2, 0.25) is 5.91 Å². The lowest BCUT2D eigenvalue weighted by Gasteiger charge is -2.29. The normalized spacial score (nSPS) is 14.7. The number of carbonyl (C=O) groups excluding carboxylic acids is 2. The summed E-state index contributed by atoms with van der Waals surface area (Å²) in [6.07, 6.45) is 1.07. The van der Waals surface area contributed by atoms with Crippen molar-refractivity contribution >= 4 is 29.1 Å². The Balaban J connectivity index is 1.48. The molecule has 0 saturated heterocycles. The zero-order valence-electron chi connectivity index (χ0n) is 25.8. The van der Waals surface area contributed by atoms with Crippen molar-refractivity contribution in [2.24, 2.45) is 0 Å². The Morgan fingerprint density at radius 1 is 0.977 bits per heavy atom. The van der Waals surface area contributed by atoms with Gasteiger partial charge in [-0.15, -0.1) is 0 Å². The van der Waals surface area contributed by atoms with E-state index in [1.165, 1.54) is 0 Å².